The minimum absolute atomic E-state index is 0. The highest BCUT2D eigenvalue weighted by atomic mass is 32.2. The molecule has 0 aliphatic carbocycles. The van der Waals surface area contributed by atoms with Gasteiger partial charge in [0.1, 0.15) is 11.4 Å². The Labute approximate surface area is 395 Å². The van der Waals surface area contributed by atoms with Crippen LogP contribution < -0.4 is 5.32 Å². The fourth-order valence-corrected chi connectivity index (χ4v) is 14.5. The van der Waals surface area contributed by atoms with E-state index in [0.29, 0.717) is 22.2 Å². The van der Waals surface area contributed by atoms with Gasteiger partial charge in [0.2, 0.25) is 11.8 Å². The number of carbonyl (C=O) groups excluding carboxylic acids is 4. The van der Waals surface area contributed by atoms with Crippen molar-refractivity contribution in [3.8, 4) is 0 Å². The number of carboxylic acid groups (broad SMARTS) is 1. The first-order chi connectivity index (χ1) is 31.5. The zero-order chi connectivity index (χ0) is 47.3. The molecule has 0 spiro atoms. The van der Waals surface area contributed by atoms with Crippen LogP contribution in [0.5, 0.6) is 0 Å². The van der Waals surface area contributed by atoms with Crippen LogP contribution in [0.1, 0.15) is 78.0 Å². The summed E-state index contributed by atoms with van der Waals surface area (Å²) in [6.45, 7) is 15.4. The van der Waals surface area contributed by atoms with Crippen LogP contribution in [0.2, 0.25) is 0 Å². The number of thioether (sulfide) groups is 2. The van der Waals surface area contributed by atoms with Crippen molar-refractivity contribution >= 4 is 58.9 Å². The van der Waals surface area contributed by atoms with Crippen molar-refractivity contribution in [1.29, 1.82) is 0 Å². The summed E-state index contributed by atoms with van der Waals surface area (Å²) < 4.78 is 5.20. The van der Waals surface area contributed by atoms with E-state index in [1.54, 1.807) is 37.4 Å². The van der Waals surface area contributed by atoms with Crippen molar-refractivity contribution in [2.24, 2.45) is 23.7 Å². The maximum atomic E-state index is 13.4. The van der Waals surface area contributed by atoms with Gasteiger partial charge in [-0.25, -0.2) is 14.4 Å². The third-order valence-electron chi connectivity index (χ3n) is 15.1. The number of aliphatic hydroxyl groups is 2. The number of amides is 2. The van der Waals surface area contributed by atoms with Crippen molar-refractivity contribution in [2.75, 3.05) is 59.4 Å². The van der Waals surface area contributed by atoms with Crippen molar-refractivity contribution in [3.05, 3.63) is 61.1 Å². The smallest absolute Gasteiger partial charge is 0.363 e. The van der Waals surface area contributed by atoms with E-state index < -0.39 is 46.9 Å². The number of piperidine rings is 2. The molecule has 0 aromatic heterocycles. The highest BCUT2D eigenvalue weighted by Crippen LogP contribution is 2.54. The molecular formula is C46H65N7O11S2. The van der Waals surface area contributed by atoms with Gasteiger partial charge in [-0.3, -0.25) is 29.5 Å². The van der Waals surface area contributed by atoms with Crippen LogP contribution in [-0.2, 0) is 23.9 Å². The van der Waals surface area contributed by atoms with Crippen LogP contribution in [0.4, 0.5) is 5.69 Å². The number of benzene rings is 1. The SMILES string of the molecule is C[C@@H](O)[C@H]1C(=O)N2C(C(=O)O)=C(S[C@@H]3CCN(C4CCNCC4)C3)[C@H](C)[C@H]12.C[C@@H](O)[C@H]1C(=O)N2C(C(=O)OC(=O)c3ccc([N+](=O)[O-])cc3)=C(S[C@@H]3CCN(C4CCN(C)CC4)C3)[C@H](C)[C@H]12.[HH]. The number of rotatable bonds is 12. The molecule has 8 heterocycles. The number of nitrogens with one attached hydrogen (secondary N) is 1. The molecular weight excluding hydrogens is 891 g/mol. The summed E-state index contributed by atoms with van der Waals surface area (Å²) in [6.07, 6.45) is 5.02. The summed E-state index contributed by atoms with van der Waals surface area (Å²) >= 11 is 3.24. The summed E-state index contributed by atoms with van der Waals surface area (Å²) in [5, 5.41) is 44.9. The van der Waals surface area contributed by atoms with Gasteiger partial charge in [-0.1, -0.05) is 13.8 Å². The fourth-order valence-electron chi connectivity index (χ4n) is 11.5. The number of ether oxygens (including phenoxy) is 1. The summed E-state index contributed by atoms with van der Waals surface area (Å²) in [5.41, 5.74) is 0.0350. The minimum Gasteiger partial charge on any atom is -0.477 e. The van der Waals surface area contributed by atoms with Gasteiger partial charge in [0.05, 0.1) is 46.6 Å². The Morgan fingerprint density at radius 1 is 0.758 bits per heavy atom. The van der Waals surface area contributed by atoms with E-state index in [-0.39, 0.29) is 65.1 Å². The van der Waals surface area contributed by atoms with Crippen molar-refractivity contribution < 1.29 is 50.4 Å². The number of hydrogen-bond acceptors (Lipinski definition) is 16. The second-order valence-electron chi connectivity index (χ2n) is 19.3. The Bertz CT molecular complexity index is 2150. The highest BCUT2D eigenvalue weighted by molar-refractivity contribution is 8.04. The quantitative estimate of drug-likeness (QED) is 0.0776. The first kappa shape index (κ1) is 48.6. The van der Waals surface area contributed by atoms with Gasteiger partial charge in [-0.2, -0.15) is 0 Å². The lowest BCUT2D eigenvalue weighted by atomic mass is 9.79. The summed E-state index contributed by atoms with van der Waals surface area (Å²) in [7, 11) is 2.14. The molecule has 6 fully saturated rings. The number of carbonyl (C=O) groups is 5. The molecule has 8 aliphatic heterocycles. The zero-order valence-electron chi connectivity index (χ0n) is 38.2. The number of β-lactam (4-membered cyclic amide) rings is 2. The van der Waals surface area contributed by atoms with Gasteiger partial charge in [0.25, 0.3) is 5.69 Å². The number of fused-ring (bicyclic) bond motifs is 2. The first-order valence-corrected chi connectivity index (χ1v) is 25.2. The summed E-state index contributed by atoms with van der Waals surface area (Å²) in [5.74, 6) is -4.84. The molecule has 6 saturated heterocycles. The lowest BCUT2D eigenvalue weighted by Crippen LogP contribution is -2.63. The van der Waals surface area contributed by atoms with E-state index in [2.05, 4.69) is 27.1 Å². The Morgan fingerprint density at radius 2 is 1.23 bits per heavy atom. The van der Waals surface area contributed by atoms with Crippen molar-refractivity contribution in [1.82, 2.24) is 29.8 Å². The Balaban J connectivity index is 0.000000209. The molecule has 9 rings (SSSR count). The average molecular weight is 956 g/mol. The monoisotopic (exact) mass is 955 g/mol. The topological polar surface area (TPSA) is 227 Å². The van der Waals surface area contributed by atoms with Crippen LogP contribution in [0.25, 0.3) is 0 Å². The lowest BCUT2D eigenvalue weighted by molar-refractivity contribution is -0.384. The molecule has 10 atom stereocenters. The second kappa shape index (κ2) is 20.0. The number of aliphatic hydroxyl groups excluding tert-OH is 2. The van der Waals surface area contributed by atoms with E-state index in [1.165, 1.54) is 34.8 Å². The van der Waals surface area contributed by atoms with E-state index in [9.17, 15) is 49.4 Å². The van der Waals surface area contributed by atoms with Gasteiger partial charge >= 0.3 is 17.9 Å². The van der Waals surface area contributed by atoms with Crippen LogP contribution >= 0.6 is 23.5 Å². The molecule has 2 amide bonds. The minimum atomic E-state index is -1.03. The van der Waals surface area contributed by atoms with Crippen molar-refractivity contribution in [3.63, 3.8) is 0 Å². The van der Waals surface area contributed by atoms with Crippen LogP contribution in [-0.4, -0.2) is 181 Å². The molecule has 1 aromatic rings. The predicted octanol–water partition coefficient (Wildman–Crippen LogP) is 3.19. The number of esters is 2. The number of aliphatic carboxylic acids is 1. The normalized spacial score (nSPS) is 31.8. The van der Waals surface area contributed by atoms with Gasteiger partial charge in [-0.05, 0) is 111 Å². The number of likely N-dealkylation sites (tertiary alicyclic amines) is 3. The number of nitro benzene ring substituents is 1. The third-order valence-corrected chi connectivity index (χ3v) is 18.2. The zero-order valence-corrected chi connectivity index (χ0v) is 39.9. The summed E-state index contributed by atoms with van der Waals surface area (Å²) in [4.78, 5) is 85.6. The van der Waals surface area contributed by atoms with E-state index in [1.807, 2.05) is 13.8 Å². The molecule has 0 radical (unpaired) electrons. The van der Waals surface area contributed by atoms with Crippen molar-refractivity contribution in [2.45, 2.75) is 113 Å². The molecule has 8 aliphatic rings. The summed E-state index contributed by atoms with van der Waals surface area (Å²) in [6, 6.07) is 5.38. The second-order valence-corrected chi connectivity index (χ2v) is 22.0. The molecule has 362 valence electrons. The average Bonchev–Trinajstić information content (AvgIpc) is 4.06. The number of non-ortho nitro benzene ring substituents is 1. The number of carboxylic acids is 1. The molecule has 0 saturated carbocycles. The Hall–Kier alpha value is -3.89. The number of hydrogen-bond donors (Lipinski definition) is 4. The van der Waals surface area contributed by atoms with Crippen LogP contribution in [0, 0.1) is 33.8 Å². The fraction of sp³-hybridized carbons (Fsp3) is 0.674. The largest absolute Gasteiger partial charge is 0.477 e. The van der Waals surface area contributed by atoms with Crippen LogP contribution in [0.15, 0.2) is 45.5 Å². The number of nitrogens with zero attached hydrogens (tertiary/aromatic N) is 6. The van der Waals surface area contributed by atoms with Gasteiger partial charge in [0, 0.05) is 70.9 Å². The molecule has 20 heteroatoms. The van der Waals surface area contributed by atoms with E-state index >= 15 is 0 Å². The maximum absolute atomic E-state index is 13.4. The first-order valence-electron chi connectivity index (χ1n) is 23.4. The molecule has 0 bridgehead atoms. The van der Waals surface area contributed by atoms with E-state index in [0.717, 1.165) is 95.1 Å². The highest BCUT2D eigenvalue weighted by Gasteiger charge is 2.62. The predicted molar refractivity (Wildman–Crippen MR) is 249 cm³/mol. The molecule has 18 nitrogen and oxygen atoms in total. The molecule has 66 heavy (non-hydrogen) atoms. The standard InChI is InChI=1S/C27H34N4O7S.C19H29N3O4S.H2/c1-15-22-21(16(2)32)25(33)30(22)23(27(35)38-26(34)17-4-6-19(7-5-17)31(36)37)24(15)39-20-10-13-29(14-20)18-8-11-28(3)12-9-18;1-10-15-14(11(2)23)18(24)22(15)16(19(25)26)17(10)27-13-5-8-21(9-13)12-3-6-20-7-4-12;/h4-7,15-16,18,20-22,32H,8-14H2,1-3H3;10-15,20,23H,3-9H2,1-2H3,(H,25,26);1H/t15-,16-,20-,21-,22-;10-,11-,13-,14-,15-;/m11./s1. The van der Waals surface area contributed by atoms with Gasteiger partial charge in [0.15, 0.2) is 0 Å². The van der Waals surface area contributed by atoms with Gasteiger partial charge < -0.3 is 40.1 Å². The number of nitro groups is 1. The third kappa shape index (κ3) is 9.32. The van der Waals surface area contributed by atoms with Gasteiger partial charge in [-0.15, -0.1) is 23.5 Å². The molecule has 1 aromatic carbocycles. The molecule has 0 unspecified atom stereocenters. The van der Waals surface area contributed by atoms with E-state index in [4.69, 9.17) is 4.74 Å². The molecule has 4 N–H and O–H groups in total. The Morgan fingerprint density at radius 3 is 1.70 bits per heavy atom. The Kier molecular flexibility index (Phi) is 14.7. The van der Waals surface area contributed by atoms with Crippen LogP contribution in [0.3, 0.4) is 0 Å². The lowest BCUT2D eigenvalue weighted by Gasteiger charge is -2.46. The maximum Gasteiger partial charge on any atom is 0.363 e.